The summed E-state index contributed by atoms with van der Waals surface area (Å²) in [6.07, 6.45) is 1.73. The van der Waals surface area contributed by atoms with Gasteiger partial charge in [-0.05, 0) is 23.8 Å². The van der Waals surface area contributed by atoms with E-state index < -0.39 is 5.97 Å². The molecule has 0 aliphatic rings. The van der Waals surface area contributed by atoms with Crippen molar-refractivity contribution < 1.29 is 14.3 Å². The highest BCUT2D eigenvalue weighted by molar-refractivity contribution is 7.07. The summed E-state index contributed by atoms with van der Waals surface area (Å²) >= 11 is 1.15. The number of benzene rings is 1. The molecule has 5 nitrogen and oxygen atoms in total. The summed E-state index contributed by atoms with van der Waals surface area (Å²) in [5.74, 6) is -1.17. The van der Waals surface area contributed by atoms with Crippen LogP contribution in [0.2, 0.25) is 0 Å². The van der Waals surface area contributed by atoms with E-state index in [2.05, 4.69) is 0 Å². The molecule has 0 aliphatic carbocycles. The van der Waals surface area contributed by atoms with Gasteiger partial charge in [-0.2, -0.15) is 0 Å². The minimum absolute atomic E-state index is 0.0153. The van der Waals surface area contributed by atoms with Crippen LogP contribution in [0.1, 0.15) is 16.1 Å². The number of thiazole rings is 1. The second-order valence-corrected chi connectivity index (χ2v) is 4.94. The first kappa shape index (κ1) is 11.7. The lowest BCUT2D eigenvalue weighted by molar-refractivity contribution is 0.0665. The third-order valence-corrected chi connectivity index (χ3v) is 3.48. The Balaban J connectivity index is 1.99. The number of carbonyl (C=O) groups is 1. The van der Waals surface area contributed by atoms with Gasteiger partial charge < -0.3 is 14.1 Å². The summed E-state index contributed by atoms with van der Waals surface area (Å²) in [4.78, 5) is 22.3. The van der Waals surface area contributed by atoms with Crippen molar-refractivity contribution in [1.82, 2.24) is 4.57 Å². The predicted molar refractivity (Wildman–Crippen MR) is 70.9 cm³/mol. The lowest BCUT2D eigenvalue weighted by atomic mass is 10.1. The van der Waals surface area contributed by atoms with Crippen LogP contribution in [0.3, 0.4) is 0 Å². The highest BCUT2D eigenvalue weighted by Gasteiger charge is 2.10. The van der Waals surface area contributed by atoms with E-state index in [9.17, 15) is 9.59 Å². The van der Waals surface area contributed by atoms with E-state index in [1.165, 1.54) is 6.07 Å². The summed E-state index contributed by atoms with van der Waals surface area (Å²) in [6, 6.07) is 6.85. The summed E-state index contributed by atoms with van der Waals surface area (Å²) in [7, 11) is 0. The van der Waals surface area contributed by atoms with Gasteiger partial charge >= 0.3 is 10.8 Å². The molecule has 0 bridgehead atoms. The number of carboxylic acids is 1. The molecule has 3 rings (SSSR count). The Morgan fingerprint density at radius 1 is 1.37 bits per heavy atom. The third kappa shape index (κ3) is 2.17. The maximum absolute atomic E-state index is 11.5. The van der Waals surface area contributed by atoms with E-state index in [4.69, 9.17) is 9.52 Å². The highest BCUT2D eigenvalue weighted by Crippen LogP contribution is 2.21. The molecule has 2 heterocycles. The SMILES string of the molecule is O=C(O)c1cc2cc(Cn3ccsc3=O)ccc2o1. The molecule has 0 saturated carbocycles. The number of aromatic carboxylic acids is 1. The van der Waals surface area contributed by atoms with Crippen molar-refractivity contribution >= 4 is 28.3 Å². The largest absolute Gasteiger partial charge is 0.475 e. The first-order valence-electron chi connectivity index (χ1n) is 5.53. The average molecular weight is 275 g/mol. The normalized spacial score (nSPS) is 10.9. The van der Waals surface area contributed by atoms with E-state index in [-0.39, 0.29) is 10.6 Å². The number of fused-ring (bicyclic) bond motifs is 1. The summed E-state index contributed by atoms with van der Waals surface area (Å²) in [5, 5.41) is 11.3. The monoisotopic (exact) mass is 275 g/mol. The van der Waals surface area contributed by atoms with Gasteiger partial charge in [-0.15, -0.1) is 0 Å². The van der Waals surface area contributed by atoms with Crippen molar-refractivity contribution in [3.63, 3.8) is 0 Å². The van der Waals surface area contributed by atoms with E-state index in [0.29, 0.717) is 12.1 Å². The second-order valence-electron chi connectivity index (χ2n) is 4.08. The first-order chi connectivity index (χ1) is 9.13. The molecule has 0 amide bonds. The predicted octanol–water partition coefficient (Wildman–Crippen LogP) is 2.40. The maximum Gasteiger partial charge on any atom is 0.371 e. The van der Waals surface area contributed by atoms with Gasteiger partial charge in [-0.1, -0.05) is 17.4 Å². The maximum atomic E-state index is 11.5. The van der Waals surface area contributed by atoms with Crippen molar-refractivity contribution in [2.45, 2.75) is 6.54 Å². The van der Waals surface area contributed by atoms with Gasteiger partial charge in [0.15, 0.2) is 0 Å². The van der Waals surface area contributed by atoms with Crippen LogP contribution < -0.4 is 4.87 Å². The molecule has 1 N–H and O–H groups in total. The fourth-order valence-corrected chi connectivity index (χ4v) is 2.49. The van der Waals surface area contributed by atoms with Gasteiger partial charge in [-0.25, -0.2) is 4.79 Å². The average Bonchev–Trinajstić information content (AvgIpc) is 2.96. The van der Waals surface area contributed by atoms with Gasteiger partial charge in [0.2, 0.25) is 5.76 Å². The van der Waals surface area contributed by atoms with Gasteiger partial charge in [0.05, 0.1) is 6.54 Å². The number of aromatic nitrogens is 1. The summed E-state index contributed by atoms with van der Waals surface area (Å²) in [5.41, 5.74) is 1.45. The molecule has 0 aliphatic heterocycles. The number of carboxylic acid groups (broad SMARTS) is 1. The summed E-state index contributed by atoms with van der Waals surface area (Å²) < 4.78 is 6.78. The molecule has 3 aromatic rings. The third-order valence-electron chi connectivity index (χ3n) is 2.79. The van der Waals surface area contributed by atoms with E-state index in [1.54, 1.807) is 22.2 Å². The molecular formula is C13H9NO4S. The molecule has 0 unspecified atom stereocenters. The standard InChI is InChI=1S/C13H9NO4S/c15-12(16)11-6-9-5-8(1-2-10(9)18-11)7-14-3-4-19-13(14)17/h1-6H,7H2,(H,15,16). The molecule has 19 heavy (non-hydrogen) atoms. The molecule has 1 aromatic carbocycles. The smallest absolute Gasteiger partial charge is 0.371 e. The molecule has 0 radical (unpaired) electrons. The van der Waals surface area contributed by atoms with Crippen LogP contribution in [0.25, 0.3) is 11.0 Å². The fourth-order valence-electron chi connectivity index (χ4n) is 1.90. The van der Waals surface area contributed by atoms with Gasteiger partial charge in [0, 0.05) is 17.0 Å². The Bertz CT molecular complexity index is 811. The zero-order chi connectivity index (χ0) is 13.4. The molecule has 0 atom stereocenters. The number of hydrogen-bond acceptors (Lipinski definition) is 4. The number of hydrogen-bond donors (Lipinski definition) is 1. The van der Waals surface area contributed by atoms with Gasteiger partial charge in [0.1, 0.15) is 5.58 Å². The summed E-state index contributed by atoms with van der Waals surface area (Å²) in [6.45, 7) is 0.464. The second kappa shape index (κ2) is 4.40. The first-order valence-corrected chi connectivity index (χ1v) is 6.41. The Hall–Kier alpha value is -2.34. The molecule has 2 aromatic heterocycles. The van der Waals surface area contributed by atoms with Crippen molar-refractivity contribution in [3.05, 3.63) is 56.8 Å². The molecule has 96 valence electrons. The van der Waals surface area contributed by atoms with E-state index >= 15 is 0 Å². The molecule has 0 saturated heterocycles. The Morgan fingerprint density at radius 3 is 2.89 bits per heavy atom. The number of rotatable bonds is 3. The zero-order valence-electron chi connectivity index (χ0n) is 9.70. The minimum atomic E-state index is -1.09. The van der Waals surface area contributed by atoms with Crippen LogP contribution in [-0.2, 0) is 6.54 Å². The van der Waals surface area contributed by atoms with Crippen LogP contribution in [-0.4, -0.2) is 15.6 Å². The Kier molecular flexibility index (Phi) is 2.72. The fraction of sp³-hybridized carbons (Fsp3) is 0.0769. The van der Waals surface area contributed by atoms with Crippen LogP contribution in [0.15, 0.2) is 45.1 Å². The van der Waals surface area contributed by atoms with Crippen molar-refractivity contribution in [3.8, 4) is 0 Å². The topological polar surface area (TPSA) is 72.4 Å². The minimum Gasteiger partial charge on any atom is -0.475 e. The van der Waals surface area contributed by atoms with Gasteiger partial charge in [0.25, 0.3) is 0 Å². The Morgan fingerprint density at radius 2 is 2.21 bits per heavy atom. The van der Waals surface area contributed by atoms with Gasteiger partial charge in [-0.3, -0.25) is 4.79 Å². The number of nitrogens with zero attached hydrogens (tertiary/aromatic N) is 1. The number of furan rings is 1. The lowest BCUT2D eigenvalue weighted by Gasteiger charge is -2.01. The molecule has 0 spiro atoms. The molecular weight excluding hydrogens is 266 g/mol. The quantitative estimate of drug-likeness (QED) is 0.796. The highest BCUT2D eigenvalue weighted by atomic mass is 32.1. The van der Waals surface area contributed by atoms with E-state index in [1.807, 2.05) is 12.1 Å². The van der Waals surface area contributed by atoms with Crippen LogP contribution in [0.4, 0.5) is 0 Å². The molecule has 6 heteroatoms. The van der Waals surface area contributed by atoms with Crippen LogP contribution >= 0.6 is 11.3 Å². The van der Waals surface area contributed by atoms with Crippen LogP contribution in [0, 0.1) is 0 Å². The van der Waals surface area contributed by atoms with Crippen molar-refractivity contribution in [1.29, 1.82) is 0 Å². The van der Waals surface area contributed by atoms with E-state index in [0.717, 1.165) is 22.3 Å². The lowest BCUT2D eigenvalue weighted by Crippen LogP contribution is -2.12. The Labute approximate surface area is 111 Å². The zero-order valence-corrected chi connectivity index (χ0v) is 10.5. The van der Waals surface area contributed by atoms with Crippen molar-refractivity contribution in [2.24, 2.45) is 0 Å². The molecule has 0 fully saturated rings. The van der Waals surface area contributed by atoms with Crippen molar-refractivity contribution in [2.75, 3.05) is 0 Å². The van der Waals surface area contributed by atoms with Crippen LogP contribution in [0.5, 0.6) is 0 Å².